The summed E-state index contributed by atoms with van der Waals surface area (Å²) >= 11 is 6.88. The number of benzene rings is 4. The van der Waals surface area contributed by atoms with Gasteiger partial charge in [-0.2, -0.15) is 0 Å². The molecule has 192 valence electrons. The fourth-order valence-electron chi connectivity index (χ4n) is 4.93. The van der Waals surface area contributed by atoms with Crippen molar-refractivity contribution in [2.45, 2.75) is 41.0 Å². The largest absolute Gasteiger partial charge is 0.314 e. The Labute approximate surface area is 232 Å². The molecule has 0 aromatic heterocycles. The summed E-state index contributed by atoms with van der Waals surface area (Å²) in [5.41, 5.74) is 11.8. The van der Waals surface area contributed by atoms with Crippen LogP contribution in [-0.2, 0) is 0 Å². The van der Waals surface area contributed by atoms with E-state index in [4.69, 9.17) is 11.6 Å². The van der Waals surface area contributed by atoms with E-state index in [9.17, 15) is 0 Å². The van der Waals surface area contributed by atoms with E-state index in [0.29, 0.717) is 10.9 Å². The summed E-state index contributed by atoms with van der Waals surface area (Å²) in [5, 5.41) is 0.704. The first-order valence-electron chi connectivity index (χ1n) is 13.3. The first kappa shape index (κ1) is 25.9. The molecule has 4 aromatic carbocycles. The highest BCUT2D eigenvalue weighted by Gasteiger charge is 2.22. The normalized spacial score (nSPS) is 15.1. The third-order valence-electron chi connectivity index (χ3n) is 7.38. The van der Waals surface area contributed by atoms with Crippen molar-refractivity contribution in [3.8, 4) is 0 Å². The number of nitrogens with zero attached hydrogens (tertiary/aromatic N) is 2. The lowest BCUT2D eigenvalue weighted by molar-refractivity contribution is 0.653. The van der Waals surface area contributed by atoms with E-state index in [1.807, 2.05) is 0 Å². The topological polar surface area (TPSA) is 6.48 Å². The molecule has 1 aliphatic carbocycles. The van der Waals surface area contributed by atoms with Crippen LogP contribution in [0.15, 0.2) is 114 Å². The number of halogens is 1. The monoisotopic (exact) mass is 518 g/mol. The van der Waals surface area contributed by atoms with E-state index in [1.54, 1.807) is 0 Å². The van der Waals surface area contributed by atoms with Gasteiger partial charge in [-0.1, -0.05) is 83.3 Å². The van der Waals surface area contributed by atoms with Crippen LogP contribution in [0.3, 0.4) is 0 Å². The predicted molar refractivity (Wildman–Crippen MR) is 165 cm³/mol. The lowest BCUT2D eigenvalue weighted by Crippen LogP contribution is -2.21. The zero-order chi connectivity index (χ0) is 26.8. The standard InChI is InChI=1S/C35H35ClN2/c1-24-6-13-30(14-7-24)37(31-15-8-25(2)9-16-31)34-21-29(36)22-35(23-34)38(32-17-10-26(3)11-18-32)33-19-12-27(4)28(5)20-33/h6-19,21-23,28H,20H2,1-5H3. The predicted octanol–water partition coefficient (Wildman–Crippen LogP) is 10.7. The molecular weight excluding hydrogens is 484 g/mol. The highest BCUT2D eigenvalue weighted by Crippen LogP contribution is 2.42. The molecule has 0 amide bonds. The summed E-state index contributed by atoms with van der Waals surface area (Å²) in [7, 11) is 0. The Balaban J connectivity index is 1.68. The third-order valence-corrected chi connectivity index (χ3v) is 7.60. The molecule has 0 aliphatic heterocycles. The smallest absolute Gasteiger partial charge is 0.0497 e. The maximum Gasteiger partial charge on any atom is 0.0497 e. The first-order valence-corrected chi connectivity index (χ1v) is 13.6. The summed E-state index contributed by atoms with van der Waals surface area (Å²) in [4.78, 5) is 4.64. The molecule has 0 spiro atoms. The van der Waals surface area contributed by atoms with Gasteiger partial charge in [-0.25, -0.2) is 0 Å². The van der Waals surface area contributed by atoms with Crippen LogP contribution in [-0.4, -0.2) is 0 Å². The van der Waals surface area contributed by atoms with Gasteiger partial charge >= 0.3 is 0 Å². The number of hydrogen-bond acceptors (Lipinski definition) is 2. The lowest BCUT2D eigenvalue weighted by Gasteiger charge is -2.33. The third kappa shape index (κ3) is 5.56. The van der Waals surface area contributed by atoms with E-state index in [2.05, 4.69) is 148 Å². The molecule has 3 heteroatoms. The lowest BCUT2D eigenvalue weighted by atomic mass is 9.91. The Hall–Kier alpha value is -3.75. The van der Waals surface area contributed by atoms with Gasteiger partial charge in [0.2, 0.25) is 0 Å². The number of hydrogen-bond donors (Lipinski definition) is 0. The number of rotatable bonds is 6. The maximum absolute atomic E-state index is 6.88. The molecule has 0 bridgehead atoms. The minimum atomic E-state index is 0.484. The van der Waals surface area contributed by atoms with Crippen LogP contribution in [0.1, 0.15) is 37.0 Å². The number of allylic oxidation sites excluding steroid dienone is 4. The fraction of sp³-hybridized carbons (Fsp3) is 0.200. The average molecular weight is 519 g/mol. The molecule has 4 aromatic rings. The van der Waals surface area contributed by atoms with Gasteiger partial charge in [-0.15, -0.1) is 0 Å². The Morgan fingerprint density at radius 3 is 1.42 bits per heavy atom. The molecule has 0 fully saturated rings. The van der Waals surface area contributed by atoms with Crippen molar-refractivity contribution in [2.24, 2.45) is 5.92 Å². The van der Waals surface area contributed by atoms with Crippen molar-refractivity contribution >= 4 is 40.0 Å². The molecule has 1 atom stereocenters. The summed E-state index contributed by atoms with van der Waals surface area (Å²) < 4.78 is 0. The SMILES string of the molecule is CC1=CC=C(N(c2ccc(C)cc2)c2cc(Cl)cc(N(c3ccc(C)cc3)c3ccc(C)cc3)c2)CC1C. The second kappa shape index (κ2) is 10.9. The van der Waals surface area contributed by atoms with Crippen molar-refractivity contribution in [1.82, 2.24) is 0 Å². The zero-order valence-corrected chi connectivity index (χ0v) is 23.6. The van der Waals surface area contributed by atoms with Crippen LogP contribution in [0.5, 0.6) is 0 Å². The van der Waals surface area contributed by atoms with Gasteiger partial charge in [0.1, 0.15) is 0 Å². The summed E-state index contributed by atoms with van der Waals surface area (Å²) in [6, 6.07) is 32.4. The van der Waals surface area contributed by atoms with Crippen LogP contribution < -0.4 is 9.80 Å². The minimum Gasteiger partial charge on any atom is -0.314 e. The molecule has 1 aliphatic rings. The van der Waals surface area contributed by atoms with Crippen molar-refractivity contribution in [1.29, 1.82) is 0 Å². The molecule has 0 saturated heterocycles. The molecule has 5 rings (SSSR count). The molecule has 0 heterocycles. The summed E-state index contributed by atoms with van der Waals surface area (Å²) in [6.45, 7) is 10.9. The van der Waals surface area contributed by atoms with Crippen LogP contribution in [0, 0.1) is 26.7 Å². The summed E-state index contributed by atoms with van der Waals surface area (Å²) in [6.07, 6.45) is 5.48. The van der Waals surface area contributed by atoms with Crippen LogP contribution >= 0.6 is 11.6 Å². The van der Waals surface area contributed by atoms with Crippen molar-refractivity contribution < 1.29 is 0 Å². The molecular formula is C35H35ClN2. The van der Waals surface area contributed by atoms with Gasteiger partial charge in [0.15, 0.2) is 0 Å². The van der Waals surface area contributed by atoms with Crippen molar-refractivity contribution in [2.75, 3.05) is 9.80 Å². The molecule has 0 saturated carbocycles. The first-order chi connectivity index (χ1) is 18.3. The van der Waals surface area contributed by atoms with E-state index in [1.165, 1.54) is 28.0 Å². The molecule has 2 nitrogen and oxygen atoms in total. The zero-order valence-electron chi connectivity index (χ0n) is 22.9. The quantitative estimate of drug-likeness (QED) is 0.250. The Morgan fingerprint density at radius 2 is 0.974 bits per heavy atom. The molecule has 1 unspecified atom stereocenters. The Kier molecular flexibility index (Phi) is 7.44. The van der Waals surface area contributed by atoms with Gasteiger partial charge in [-0.05, 0) is 101 Å². The Morgan fingerprint density at radius 1 is 0.553 bits per heavy atom. The molecule has 0 radical (unpaired) electrons. The highest BCUT2D eigenvalue weighted by atomic mass is 35.5. The van der Waals surface area contributed by atoms with Crippen LogP contribution in [0.4, 0.5) is 28.4 Å². The van der Waals surface area contributed by atoms with Gasteiger partial charge in [0, 0.05) is 39.2 Å². The second-order valence-corrected chi connectivity index (χ2v) is 11.0. The second-order valence-electron chi connectivity index (χ2n) is 10.5. The molecule has 0 N–H and O–H groups in total. The van der Waals surface area contributed by atoms with Crippen molar-refractivity contribution in [3.05, 3.63) is 136 Å². The Bertz CT molecular complexity index is 1430. The van der Waals surface area contributed by atoms with Gasteiger partial charge in [0.05, 0.1) is 0 Å². The highest BCUT2D eigenvalue weighted by molar-refractivity contribution is 6.31. The van der Waals surface area contributed by atoms with Crippen molar-refractivity contribution in [3.63, 3.8) is 0 Å². The van der Waals surface area contributed by atoms with E-state index in [-0.39, 0.29) is 0 Å². The van der Waals surface area contributed by atoms with Gasteiger partial charge in [0.25, 0.3) is 0 Å². The number of anilines is 5. The van der Waals surface area contributed by atoms with Crippen LogP contribution in [0.25, 0.3) is 0 Å². The van der Waals surface area contributed by atoms with Crippen LogP contribution in [0.2, 0.25) is 5.02 Å². The maximum atomic E-state index is 6.88. The van der Waals surface area contributed by atoms with E-state index < -0.39 is 0 Å². The van der Waals surface area contributed by atoms with Gasteiger partial charge in [-0.3, -0.25) is 0 Å². The fourth-order valence-corrected chi connectivity index (χ4v) is 5.15. The number of aryl methyl sites for hydroxylation is 3. The van der Waals surface area contributed by atoms with E-state index in [0.717, 1.165) is 34.9 Å². The molecule has 38 heavy (non-hydrogen) atoms. The van der Waals surface area contributed by atoms with Gasteiger partial charge < -0.3 is 9.80 Å². The van der Waals surface area contributed by atoms with E-state index >= 15 is 0 Å². The average Bonchev–Trinajstić information content (AvgIpc) is 2.90. The summed E-state index contributed by atoms with van der Waals surface area (Å²) in [5.74, 6) is 0.484. The minimum absolute atomic E-state index is 0.484.